The first-order valence-corrected chi connectivity index (χ1v) is 21.3. The molecular weight excluding hydrogens is 791 g/mol. The smallest absolute Gasteiger partial charge is 0.407 e. The number of likely N-dealkylation sites (N-methyl/N-ethyl adjacent to an activating group) is 1. The van der Waals surface area contributed by atoms with E-state index in [2.05, 4.69) is 25.7 Å². The summed E-state index contributed by atoms with van der Waals surface area (Å²) in [6.45, 7) is 12.2. The average Bonchev–Trinajstić information content (AvgIpc) is 3.52. The summed E-state index contributed by atoms with van der Waals surface area (Å²) in [6, 6.07) is 14.3. The Hall–Kier alpha value is -5.68. The number of carbonyl (C=O) groups is 4. The van der Waals surface area contributed by atoms with E-state index in [1.165, 1.54) is 21.3 Å². The van der Waals surface area contributed by atoms with Crippen molar-refractivity contribution in [2.24, 2.45) is 22.6 Å². The highest BCUT2D eigenvalue weighted by Gasteiger charge is 2.34. The normalized spacial score (nSPS) is 14.1. The number of guanidine groups is 1. The van der Waals surface area contributed by atoms with Crippen LogP contribution in [-0.2, 0) is 34.0 Å². The number of aryl methyl sites for hydroxylation is 1. The average molecular weight is 850 g/mol. The number of methoxy groups -OCH3 is 1. The second-order valence-electron chi connectivity index (χ2n) is 15.5. The van der Waals surface area contributed by atoms with E-state index in [0.29, 0.717) is 22.4 Å². The quantitative estimate of drug-likeness (QED) is 0.0532. The van der Waals surface area contributed by atoms with Gasteiger partial charge in [-0.25, -0.2) is 23.0 Å². The van der Waals surface area contributed by atoms with Crippen molar-refractivity contribution < 1.29 is 41.9 Å². The number of sulfonamides is 1. The lowest BCUT2D eigenvalue weighted by molar-refractivity contribution is -0.172. The van der Waals surface area contributed by atoms with E-state index in [0.717, 1.165) is 27.3 Å². The predicted octanol–water partition coefficient (Wildman–Crippen LogP) is 4.20. The van der Waals surface area contributed by atoms with Gasteiger partial charge in [0.05, 0.1) is 19.1 Å². The van der Waals surface area contributed by atoms with Crippen LogP contribution in [0.25, 0.3) is 11.1 Å². The maximum Gasteiger partial charge on any atom is 0.407 e. The molecule has 1 aliphatic carbocycles. The molecule has 17 heteroatoms. The fraction of sp³-hybridized carbons (Fsp3) is 0.465. The van der Waals surface area contributed by atoms with Crippen LogP contribution in [-0.4, -0.2) is 95.8 Å². The number of hydrogen-bond acceptors (Lipinski definition) is 10. The molecule has 3 aromatic carbocycles. The van der Waals surface area contributed by atoms with Gasteiger partial charge in [-0.15, -0.1) is 0 Å². The molecule has 0 aromatic heterocycles. The molecule has 0 spiro atoms. The maximum atomic E-state index is 13.8. The fourth-order valence-electron chi connectivity index (χ4n) is 7.27. The van der Waals surface area contributed by atoms with Crippen molar-refractivity contribution in [2.45, 2.75) is 90.2 Å². The summed E-state index contributed by atoms with van der Waals surface area (Å²) in [4.78, 5) is 63.3. The summed E-state index contributed by atoms with van der Waals surface area (Å²) in [6.07, 6.45) is -0.509. The number of ether oxygens (including phenoxy) is 2. The van der Waals surface area contributed by atoms with E-state index in [-0.39, 0.29) is 48.7 Å². The van der Waals surface area contributed by atoms with Crippen molar-refractivity contribution in [1.82, 2.24) is 25.7 Å². The summed E-state index contributed by atoms with van der Waals surface area (Å²) in [7, 11) is 0.100. The fourth-order valence-corrected chi connectivity index (χ4v) is 8.75. The number of alkyl carbamates (subject to hydrolysis) is 1. The van der Waals surface area contributed by atoms with Crippen LogP contribution in [0.5, 0.6) is 5.75 Å². The van der Waals surface area contributed by atoms with Crippen LogP contribution in [0, 0.1) is 32.6 Å². The Morgan fingerprint density at radius 2 is 1.38 bits per heavy atom. The Bertz CT molecular complexity index is 2150. The highest BCUT2D eigenvalue weighted by molar-refractivity contribution is 7.90. The molecule has 4 rings (SSSR count). The number of hydroxylamine groups is 2. The summed E-state index contributed by atoms with van der Waals surface area (Å²) < 4.78 is 39.9. The molecule has 0 unspecified atom stereocenters. The Morgan fingerprint density at radius 3 is 1.93 bits per heavy atom. The number of amides is 4. The molecule has 0 bridgehead atoms. The zero-order chi connectivity index (χ0) is 44.5. The lowest BCUT2D eigenvalue weighted by Gasteiger charge is -2.29. The third-order valence-electron chi connectivity index (χ3n) is 10.7. The van der Waals surface area contributed by atoms with Gasteiger partial charge in [-0.3, -0.25) is 24.2 Å². The lowest BCUT2D eigenvalue weighted by Crippen LogP contribution is -2.59. The Morgan fingerprint density at radius 1 is 0.833 bits per heavy atom. The minimum Gasteiger partial charge on any atom is -0.496 e. The molecule has 60 heavy (non-hydrogen) atoms. The molecule has 3 aromatic rings. The van der Waals surface area contributed by atoms with Gasteiger partial charge in [0.25, 0.3) is 15.9 Å². The zero-order valence-corrected chi connectivity index (χ0v) is 36.9. The van der Waals surface area contributed by atoms with Crippen LogP contribution in [0.2, 0.25) is 0 Å². The first-order valence-electron chi connectivity index (χ1n) is 19.8. The largest absolute Gasteiger partial charge is 0.496 e. The Kier molecular flexibility index (Phi) is 16.1. The van der Waals surface area contributed by atoms with E-state index in [4.69, 9.17) is 20.0 Å². The van der Waals surface area contributed by atoms with Crippen LogP contribution in [0.1, 0.15) is 74.3 Å². The van der Waals surface area contributed by atoms with Gasteiger partial charge < -0.3 is 31.2 Å². The Labute approximate surface area is 353 Å². The first-order chi connectivity index (χ1) is 28.3. The monoisotopic (exact) mass is 849 g/mol. The number of rotatable bonds is 18. The van der Waals surface area contributed by atoms with Crippen LogP contribution in [0.3, 0.4) is 0 Å². The number of aliphatic imine (C=N–C) groups is 1. The van der Waals surface area contributed by atoms with Gasteiger partial charge in [-0.1, -0.05) is 76.2 Å². The number of fused-ring (bicyclic) bond motifs is 3. The van der Waals surface area contributed by atoms with Crippen LogP contribution in [0.15, 0.2) is 64.5 Å². The van der Waals surface area contributed by atoms with Crippen LogP contribution < -0.4 is 31.1 Å². The number of nitrogens with zero attached hydrogens (tertiary/aromatic N) is 2. The third-order valence-corrected chi connectivity index (χ3v) is 12.3. The summed E-state index contributed by atoms with van der Waals surface area (Å²) in [5.74, 6) is -2.58. The molecule has 0 fully saturated rings. The lowest BCUT2D eigenvalue weighted by atomic mass is 9.98. The first kappa shape index (κ1) is 47.0. The third kappa shape index (κ3) is 11.1. The van der Waals surface area contributed by atoms with E-state index in [1.807, 2.05) is 48.5 Å². The van der Waals surface area contributed by atoms with Gasteiger partial charge >= 0.3 is 6.09 Å². The molecule has 0 saturated heterocycles. The van der Waals surface area contributed by atoms with Gasteiger partial charge in [-0.05, 0) is 90.5 Å². The zero-order valence-electron chi connectivity index (χ0n) is 36.0. The topological polar surface area (TPSA) is 220 Å². The molecule has 0 heterocycles. The van der Waals surface area contributed by atoms with E-state index >= 15 is 0 Å². The highest BCUT2D eigenvalue weighted by atomic mass is 32.2. The molecule has 6 N–H and O–H groups in total. The van der Waals surface area contributed by atoms with Gasteiger partial charge in [0, 0.05) is 19.5 Å². The van der Waals surface area contributed by atoms with Crippen molar-refractivity contribution in [3.63, 3.8) is 0 Å². The van der Waals surface area contributed by atoms with Crippen LogP contribution >= 0.6 is 0 Å². The van der Waals surface area contributed by atoms with E-state index in [9.17, 15) is 27.6 Å². The molecule has 0 radical (unpaired) electrons. The van der Waals surface area contributed by atoms with Crippen LogP contribution in [0.4, 0.5) is 4.79 Å². The second-order valence-corrected chi connectivity index (χ2v) is 17.1. The molecule has 4 amide bonds. The number of hydrogen-bond donors (Lipinski definition) is 5. The molecule has 0 aliphatic heterocycles. The molecular formula is C43H59N7O9S. The standard InChI is InChI=1S/C43H59N7O9S/c1-24(2)36(47-40(52)37(25(3)4)48-43(54)59-23-33-31-18-13-11-16-29(31)30-17-12-14-19-32(30)33)39(51)46-34(41(53)50(8)58-10)20-15-21-45-42(44)49-60(55,56)38-26(5)22-35(57-9)27(6)28(38)7/h11-14,16-19,22,24-25,33-34,36-37H,15,20-21,23H2,1-10H3,(H,46,51)(H,47,52)(H,48,54)(H3,44,45,49)/t34-,36-,37-/m0/s1. The molecule has 326 valence electrons. The predicted molar refractivity (Wildman–Crippen MR) is 229 cm³/mol. The molecule has 1 aliphatic rings. The van der Waals surface area contributed by atoms with Crippen molar-refractivity contribution >= 4 is 39.8 Å². The minimum absolute atomic E-state index is 0.00621. The van der Waals surface area contributed by atoms with Crippen molar-refractivity contribution in [3.8, 4) is 16.9 Å². The number of benzene rings is 3. The second kappa shape index (κ2) is 20.5. The maximum absolute atomic E-state index is 13.8. The summed E-state index contributed by atoms with van der Waals surface area (Å²) in [5, 5.41) is 9.14. The van der Waals surface area contributed by atoms with Gasteiger partial charge in [-0.2, -0.15) is 0 Å². The van der Waals surface area contributed by atoms with Crippen molar-refractivity contribution in [1.29, 1.82) is 0 Å². The summed E-state index contributed by atoms with van der Waals surface area (Å²) >= 11 is 0. The summed E-state index contributed by atoms with van der Waals surface area (Å²) in [5.41, 5.74) is 11.9. The van der Waals surface area contributed by atoms with Gasteiger partial charge in [0.15, 0.2) is 0 Å². The van der Waals surface area contributed by atoms with E-state index < -0.39 is 57.9 Å². The number of nitrogens with two attached hydrogens (primary N) is 1. The van der Waals surface area contributed by atoms with Gasteiger partial charge in [0.1, 0.15) is 30.5 Å². The molecule has 3 atom stereocenters. The molecule has 0 saturated carbocycles. The molecule has 16 nitrogen and oxygen atoms in total. The number of carbonyl (C=O) groups excluding carboxylic acids is 4. The van der Waals surface area contributed by atoms with Gasteiger partial charge in [0.2, 0.25) is 17.8 Å². The highest BCUT2D eigenvalue weighted by Crippen LogP contribution is 2.44. The Balaban J connectivity index is 1.38. The van der Waals surface area contributed by atoms with E-state index in [1.54, 1.807) is 54.5 Å². The number of nitrogens with one attached hydrogen (secondary N) is 4. The van der Waals surface area contributed by atoms with Crippen molar-refractivity contribution in [2.75, 3.05) is 34.4 Å². The minimum atomic E-state index is -4.10. The van der Waals surface area contributed by atoms with Crippen molar-refractivity contribution in [3.05, 3.63) is 82.4 Å². The SMILES string of the molecule is COc1cc(C)c(S(=O)(=O)NC(N)=NCCC[C@H](NC(=O)[C@@H](NC(=O)[C@@H](NC(=O)OCC2c3ccccc3-c3ccccc32)C(C)C)C(C)C)C(=O)N(C)OC)c(C)c1C.